The van der Waals surface area contributed by atoms with Crippen molar-refractivity contribution < 1.29 is 14.3 Å². The van der Waals surface area contributed by atoms with Crippen LogP contribution in [0.5, 0.6) is 0 Å². The van der Waals surface area contributed by atoms with Gasteiger partial charge in [-0.25, -0.2) is 4.79 Å². The van der Waals surface area contributed by atoms with Crippen molar-refractivity contribution in [3.63, 3.8) is 0 Å². The highest BCUT2D eigenvalue weighted by Crippen LogP contribution is 2.32. The van der Waals surface area contributed by atoms with Crippen LogP contribution in [-0.4, -0.2) is 18.5 Å². The van der Waals surface area contributed by atoms with Crippen molar-refractivity contribution in [3.8, 4) is 6.07 Å². The van der Waals surface area contributed by atoms with Crippen LogP contribution in [0.15, 0.2) is 82.6 Å². The second-order valence-electron chi connectivity index (χ2n) is 5.81. The van der Waals surface area contributed by atoms with Crippen LogP contribution in [0.4, 0.5) is 5.69 Å². The first-order valence-electron chi connectivity index (χ1n) is 8.56. The van der Waals surface area contributed by atoms with E-state index in [4.69, 9.17) is 16.3 Å². The lowest BCUT2D eigenvalue weighted by atomic mass is 10.2. The lowest BCUT2D eigenvalue weighted by Gasteiger charge is -2.11. The van der Waals surface area contributed by atoms with Gasteiger partial charge in [-0.15, -0.1) is 0 Å². The van der Waals surface area contributed by atoms with Gasteiger partial charge in [-0.1, -0.05) is 59.8 Å². The molecule has 0 radical (unpaired) electrons. The molecule has 0 saturated carbocycles. The van der Waals surface area contributed by atoms with Crippen LogP contribution >= 0.6 is 23.4 Å². The monoisotopic (exact) mass is 422 g/mol. The molecule has 29 heavy (non-hydrogen) atoms. The molecule has 0 saturated heterocycles. The standard InChI is InChI=1S/C22H15ClN2O3S/c23-17-9-3-4-10-18(17)25-21(26)14-28-22(27)16-8-2-6-12-20(16)29-19-11-5-1-7-15(19)13-24/h1-12H,14H2,(H,25,26). The van der Waals surface area contributed by atoms with Crippen molar-refractivity contribution >= 4 is 40.9 Å². The van der Waals surface area contributed by atoms with E-state index in [1.807, 2.05) is 12.1 Å². The van der Waals surface area contributed by atoms with E-state index in [1.54, 1.807) is 60.7 Å². The molecule has 0 aliphatic carbocycles. The maximum atomic E-state index is 12.5. The van der Waals surface area contributed by atoms with Gasteiger partial charge in [0.25, 0.3) is 5.91 Å². The normalized spacial score (nSPS) is 10.1. The minimum Gasteiger partial charge on any atom is -0.452 e. The number of carbonyl (C=O) groups excluding carboxylic acids is 2. The number of rotatable bonds is 6. The summed E-state index contributed by atoms with van der Waals surface area (Å²) in [5.41, 5.74) is 1.27. The number of ether oxygens (including phenoxy) is 1. The van der Waals surface area contributed by atoms with E-state index in [-0.39, 0.29) is 0 Å². The van der Waals surface area contributed by atoms with E-state index in [0.29, 0.717) is 26.7 Å². The van der Waals surface area contributed by atoms with Crippen LogP contribution in [0.3, 0.4) is 0 Å². The van der Waals surface area contributed by atoms with Crippen molar-refractivity contribution in [2.45, 2.75) is 9.79 Å². The number of esters is 1. The molecule has 0 unspecified atom stereocenters. The Kier molecular flexibility index (Phi) is 6.90. The molecule has 7 heteroatoms. The molecule has 1 N–H and O–H groups in total. The van der Waals surface area contributed by atoms with Crippen LogP contribution in [0.25, 0.3) is 0 Å². The van der Waals surface area contributed by atoms with E-state index < -0.39 is 18.5 Å². The fourth-order valence-corrected chi connectivity index (χ4v) is 3.65. The molecule has 5 nitrogen and oxygen atoms in total. The molecule has 0 aliphatic heterocycles. The minimum absolute atomic E-state index is 0.316. The Morgan fingerprint density at radius 2 is 1.62 bits per heavy atom. The van der Waals surface area contributed by atoms with Crippen LogP contribution in [0, 0.1) is 11.3 Å². The first kappa shape index (κ1) is 20.5. The van der Waals surface area contributed by atoms with Gasteiger partial charge in [0, 0.05) is 9.79 Å². The SMILES string of the molecule is N#Cc1ccccc1Sc1ccccc1C(=O)OCC(=O)Nc1ccccc1Cl. The lowest BCUT2D eigenvalue weighted by molar-refractivity contribution is -0.119. The summed E-state index contributed by atoms with van der Waals surface area (Å²) in [6.07, 6.45) is 0. The largest absolute Gasteiger partial charge is 0.452 e. The zero-order chi connectivity index (χ0) is 20.6. The number of nitrogens with zero attached hydrogens (tertiary/aromatic N) is 1. The van der Waals surface area contributed by atoms with Crippen molar-refractivity contribution in [2.75, 3.05) is 11.9 Å². The van der Waals surface area contributed by atoms with Crippen LogP contribution in [0.2, 0.25) is 5.02 Å². The Labute approximate surface area is 177 Å². The first-order chi connectivity index (χ1) is 14.1. The van der Waals surface area contributed by atoms with Crippen LogP contribution in [0.1, 0.15) is 15.9 Å². The van der Waals surface area contributed by atoms with Gasteiger partial charge in [-0.3, -0.25) is 4.79 Å². The Balaban J connectivity index is 1.68. The minimum atomic E-state index is -0.628. The first-order valence-corrected chi connectivity index (χ1v) is 9.75. The Morgan fingerprint density at radius 3 is 2.38 bits per heavy atom. The zero-order valence-electron chi connectivity index (χ0n) is 15.1. The fourth-order valence-electron chi connectivity index (χ4n) is 2.45. The smallest absolute Gasteiger partial charge is 0.339 e. The molecule has 1 amide bonds. The second-order valence-corrected chi connectivity index (χ2v) is 7.30. The molecule has 3 rings (SSSR count). The molecule has 0 heterocycles. The van der Waals surface area contributed by atoms with Gasteiger partial charge in [0.05, 0.1) is 21.8 Å². The highest BCUT2D eigenvalue weighted by atomic mass is 35.5. The van der Waals surface area contributed by atoms with Crippen LogP contribution in [-0.2, 0) is 9.53 Å². The predicted octanol–water partition coefficient (Wildman–Crippen LogP) is 5.16. The summed E-state index contributed by atoms with van der Waals surface area (Å²) in [7, 11) is 0. The molecular weight excluding hydrogens is 408 g/mol. The molecule has 3 aromatic carbocycles. The molecule has 144 valence electrons. The molecule has 0 bridgehead atoms. The van der Waals surface area contributed by atoms with Gasteiger partial charge < -0.3 is 10.1 Å². The summed E-state index contributed by atoms with van der Waals surface area (Å²) in [4.78, 5) is 26.0. The van der Waals surface area contributed by atoms with Crippen LogP contribution < -0.4 is 5.32 Å². The van der Waals surface area contributed by atoms with E-state index in [0.717, 1.165) is 4.90 Å². The molecule has 0 fully saturated rings. The Hall–Kier alpha value is -3.27. The summed E-state index contributed by atoms with van der Waals surface area (Å²) in [5.74, 6) is -1.12. The summed E-state index contributed by atoms with van der Waals surface area (Å²) in [6.45, 7) is -0.447. The topological polar surface area (TPSA) is 79.2 Å². The van der Waals surface area contributed by atoms with E-state index >= 15 is 0 Å². The Morgan fingerprint density at radius 1 is 0.966 bits per heavy atom. The predicted molar refractivity (Wildman–Crippen MR) is 112 cm³/mol. The number of hydrogen-bond acceptors (Lipinski definition) is 5. The molecule has 3 aromatic rings. The lowest BCUT2D eigenvalue weighted by Crippen LogP contribution is -2.21. The number of nitriles is 1. The third-order valence-corrected chi connectivity index (χ3v) is 5.30. The van der Waals surface area contributed by atoms with Gasteiger partial charge in [-0.05, 0) is 36.4 Å². The Bertz CT molecular complexity index is 1100. The van der Waals surface area contributed by atoms with Crippen molar-refractivity contribution in [1.29, 1.82) is 5.26 Å². The van der Waals surface area contributed by atoms with Crippen molar-refractivity contribution in [3.05, 3.63) is 88.9 Å². The zero-order valence-corrected chi connectivity index (χ0v) is 16.7. The fraction of sp³-hybridized carbons (Fsp3) is 0.0455. The maximum absolute atomic E-state index is 12.5. The van der Waals surface area contributed by atoms with E-state index in [1.165, 1.54) is 11.8 Å². The summed E-state index contributed by atoms with van der Waals surface area (Å²) in [5, 5.41) is 12.2. The van der Waals surface area contributed by atoms with E-state index in [9.17, 15) is 14.9 Å². The van der Waals surface area contributed by atoms with Crippen molar-refractivity contribution in [2.24, 2.45) is 0 Å². The quantitative estimate of drug-likeness (QED) is 0.555. The van der Waals surface area contributed by atoms with Gasteiger partial charge in [-0.2, -0.15) is 5.26 Å². The molecule has 0 aliphatic rings. The highest BCUT2D eigenvalue weighted by molar-refractivity contribution is 7.99. The molecular formula is C22H15ClN2O3S. The van der Waals surface area contributed by atoms with Gasteiger partial charge >= 0.3 is 5.97 Å². The van der Waals surface area contributed by atoms with E-state index in [2.05, 4.69) is 11.4 Å². The second kappa shape index (κ2) is 9.78. The summed E-state index contributed by atoms with van der Waals surface area (Å²) >= 11 is 7.29. The molecule has 0 atom stereocenters. The maximum Gasteiger partial charge on any atom is 0.339 e. The number of hydrogen-bond donors (Lipinski definition) is 1. The van der Waals surface area contributed by atoms with Crippen molar-refractivity contribution in [1.82, 2.24) is 0 Å². The van der Waals surface area contributed by atoms with Gasteiger partial charge in [0.15, 0.2) is 6.61 Å². The number of benzene rings is 3. The number of amides is 1. The third-order valence-electron chi connectivity index (χ3n) is 3.82. The molecule has 0 spiro atoms. The summed E-state index contributed by atoms with van der Waals surface area (Å²) < 4.78 is 5.16. The average molecular weight is 423 g/mol. The number of nitrogens with one attached hydrogen (secondary N) is 1. The highest BCUT2D eigenvalue weighted by Gasteiger charge is 2.16. The van der Waals surface area contributed by atoms with Gasteiger partial charge in [0.2, 0.25) is 0 Å². The number of carbonyl (C=O) groups is 2. The molecule has 0 aromatic heterocycles. The number of anilines is 1. The number of para-hydroxylation sites is 1. The summed E-state index contributed by atoms with van der Waals surface area (Å²) in [6, 6.07) is 22.9. The average Bonchev–Trinajstić information content (AvgIpc) is 2.74. The third kappa shape index (κ3) is 5.38. The number of halogens is 1. The van der Waals surface area contributed by atoms with Gasteiger partial charge in [0.1, 0.15) is 6.07 Å².